The number of methoxy groups -OCH3 is 2. The van der Waals surface area contributed by atoms with Gasteiger partial charge in [-0.25, -0.2) is 9.59 Å². The molecule has 0 unspecified atom stereocenters. The van der Waals surface area contributed by atoms with Gasteiger partial charge in [0.25, 0.3) is 0 Å². The van der Waals surface area contributed by atoms with Gasteiger partial charge >= 0.3 is 23.8 Å². The number of anilines is 2. The van der Waals surface area contributed by atoms with Crippen LogP contribution in [0, 0.1) is 6.92 Å². The minimum Gasteiger partial charge on any atom is -0.465 e. The first-order valence-electron chi connectivity index (χ1n) is 7.96. The third-order valence-corrected chi connectivity index (χ3v) is 4.14. The third-order valence-electron chi connectivity index (χ3n) is 3.73. The molecule has 2 aromatic rings. The molecule has 8 nitrogen and oxygen atoms in total. The zero-order valence-electron chi connectivity index (χ0n) is 15.3. The Balaban J connectivity index is 2.24. The number of rotatable bonds is 4. The lowest BCUT2D eigenvalue weighted by Crippen LogP contribution is -2.30. The van der Waals surface area contributed by atoms with Crippen molar-refractivity contribution in [1.29, 1.82) is 0 Å². The third kappa shape index (κ3) is 4.86. The molecule has 28 heavy (non-hydrogen) atoms. The number of aryl methyl sites for hydroxylation is 1. The van der Waals surface area contributed by atoms with E-state index in [0.29, 0.717) is 10.7 Å². The fourth-order valence-corrected chi connectivity index (χ4v) is 2.40. The molecule has 0 saturated carbocycles. The molecule has 0 heterocycles. The van der Waals surface area contributed by atoms with Gasteiger partial charge in [0.05, 0.1) is 31.0 Å². The zero-order valence-corrected chi connectivity index (χ0v) is 16.0. The number of esters is 2. The first-order valence-corrected chi connectivity index (χ1v) is 8.33. The molecule has 2 N–H and O–H groups in total. The molecule has 146 valence electrons. The molecule has 2 rings (SSSR count). The van der Waals surface area contributed by atoms with Crippen LogP contribution in [-0.4, -0.2) is 38.0 Å². The van der Waals surface area contributed by atoms with E-state index in [4.69, 9.17) is 11.6 Å². The summed E-state index contributed by atoms with van der Waals surface area (Å²) in [7, 11) is 2.35. The first-order chi connectivity index (χ1) is 13.3. The minimum atomic E-state index is -1.05. The Labute approximate surface area is 165 Å². The highest BCUT2D eigenvalue weighted by Crippen LogP contribution is 2.21. The second-order valence-corrected chi connectivity index (χ2v) is 6.02. The molecule has 2 amide bonds. The highest BCUT2D eigenvalue weighted by molar-refractivity contribution is 6.44. The number of carbonyl (C=O) groups excluding carboxylic acids is 4. The molecule has 2 aromatic carbocycles. The maximum Gasteiger partial charge on any atom is 0.339 e. The maximum atomic E-state index is 12.3. The van der Waals surface area contributed by atoms with Crippen LogP contribution >= 0.6 is 11.6 Å². The predicted octanol–water partition coefficient (Wildman–Crippen LogP) is 2.80. The van der Waals surface area contributed by atoms with Crippen molar-refractivity contribution in [3.8, 4) is 0 Å². The van der Waals surface area contributed by atoms with Crippen LogP contribution in [0.15, 0.2) is 36.4 Å². The molecule has 9 heteroatoms. The summed E-state index contributed by atoms with van der Waals surface area (Å²) >= 11 is 5.99. The van der Waals surface area contributed by atoms with Crippen LogP contribution in [0.2, 0.25) is 5.02 Å². The Bertz CT molecular complexity index is 957. The van der Waals surface area contributed by atoms with Crippen molar-refractivity contribution in [3.63, 3.8) is 0 Å². The lowest BCUT2D eigenvalue weighted by atomic mass is 10.1. The van der Waals surface area contributed by atoms with Gasteiger partial charge in [0.1, 0.15) is 0 Å². The molecule has 0 saturated heterocycles. The SMILES string of the molecule is COC(=O)c1ccc(C(=O)OC)c(NC(=O)C(=O)Nc2ccc(C)c(Cl)c2)c1. The van der Waals surface area contributed by atoms with Crippen molar-refractivity contribution >= 4 is 46.7 Å². The Morgan fingerprint density at radius 3 is 2.11 bits per heavy atom. The number of carbonyl (C=O) groups is 4. The maximum absolute atomic E-state index is 12.3. The lowest BCUT2D eigenvalue weighted by Gasteiger charge is -2.12. The summed E-state index contributed by atoms with van der Waals surface area (Å²) in [5.74, 6) is -3.47. The van der Waals surface area contributed by atoms with Crippen LogP contribution in [0.5, 0.6) is 0 Å². The summed E-state index contributed by atoms with van der Waals surface area (Å²) in [4.78, 5) is 48.0. The number of benzene rings is 2. The van der Waals surface area contributed by atoms with E-state index in [2.05, 4.69) is 20.1 Å². The first kappa shape index (κ1) is 20.9. The van der Waals surface area contributed by atoms with E-state index in [1.807, 2.05) is 0 Å². The Morgan fingerprint density at radius 2 is 1.50 bits per heavy atom. The minimum absolute atomic E-state index is 0.0327. The second-order valence-electron chi connectivity index (χ2n) is 5.62. The van der Waals surface area contributed by atoms with Crippen LogP contribution in [-0.2, 0) is 19.1 Å². The number of halogens is 1. The number of hydrogen-bond acceptors (Lipinski definition) is 6. The van der Waals surface area contributed by atoms with Gasteiger partial charge in [0.2, 0.25) is 0 Å². The van der Waals surface area contributed by atoms with Crippen molar-refractivity contribution in [3.05, 3.63) is 58.1 Å². The smallest absolute Gasteiger partial charge is 0.339 e. The van der Waals surface area contributed by atoms with E-state index >= 15 is 0 Å². The van der Waals surface area contributed by atoms with Crippen molar-refractivity contribution < 1.29 is 28.7 Å². The average Bonchev–Trinajstić information content (AvgIpc) is 2.69. The molecule has 0 aromatic heterocycles. The van der Waals surface area contributed by atoms with E-state index in [1.165, 1.54) is 31.4 Å². The van der Waals surface area contributed by atoms with E-state index < -0.39 is 23.8 Å². The van der Waals surface area contributed by atoms with E-state index in [0.717, 1.165) is 12.7 Å². The number of nitrogens with one attached hydrogen (secondary N) is 2. The van der Waals surface area contributed by atoms with Crippen molar-refractivity contribution in [2.45, 2.75) is 6.92 Å². The van der Waals surface area contributed by atoms with Gasteiger partial charge in [0.15, 0.2) is 0 Å². The molecule has 0 aliphatic rings. The number of amides is 2. The normalized spacial score (nSPS) is 10.0. The summed E-state index contributed by atoms with van der Waals surface area (Å²) in [5.41, 5.74) is 1.11. The fourth-order valence-electron chi connectivity index (χ4n) is 2.22. The molecule has 0 bridgehead atoms. The summed E-state index contributed by atoms with van der Waals surface area (Å²) in [5, 5.41) is 5.12. The molecule has 0 fully saturated rings. The van der Waals surface area contributed by atoms with Gasteiger partial charge in [-0.1, -0.05) is 17.7 Å². The van der Waals surface area contributed by atoms with Crippen LogP contribution in [0.1, 0.15) is 26.3 Å². The van der Waals surface area contributed by atoms with Gasteiger partial charge in [-0.3, -0.25) is 9.59 Å². The highest BCUT2D eigenvalue weighted by atomic mass is 35.5. The van der Waals surface area contributed by atoms with E-state index in [-0.39, 0.29) is 16.8 Å². The monoisotopic (exact) mass is 404 g/mol. The van der Waals surface area contributed by atoms with Gasteiger partial charge in [-0.05, 0) is 42.8 Å². The summed E-state index contributed by atoms with van der Waals surface area (Å²) in [6.45, 7) is 1.79. The van der Waals surface area contributed by atoms with Crippen molar-refractivity contribution in [2.24, 2.45) is 0 Å². The molecular formula is C19H17ClN2O6. The second kappa shape index (κ2) is 9.01. The van der Waals surface area contributed by atoms with Gasteiger partial charge < -0.3 is 20.1 Å². The summed E-state index contributed by atoms with van der Waals surface area (Å²) < 4.78 is 9.25. The van der Waals surface area contributed by atoms with Gasteiger partial charge in [0, 0.05) is 10.7 Å². The van der Waals surface area contributed by atoms with Crippen LogP contribution in [0.25, 0.3) is 0 Å². The molecular weight excluding hydrogens is 388 g/mol. The highest BCUT2D eigenvalue weighted by Gasteiger charge is 2.21. The summed E-state index contributed by atoms with van der Waals surface area (Å²) in [6.07, 6.45) is 0. The standard InChI is InChI=1S/C19H17ClN2O6/c1-10-4-6-12(9-14(10)20)21-16(23)17(24)22-15-8-11(18(25)27-2)5-7-13(15)19(26)28-3/h4-9H,1-3H3,(H,21,23)(H,22,24). The quantitative estimate of drug-likeness (QED) is 0.598. The largest absolute Gasteiger partial charge is 0.465 e. The van der Waals surface area contributed by atoms with Crippen LogP contribution in [0.3, 0.4) is 0 Å². The molecule has 0 aliphatic carbocycles. The van der Waals surface area contributed by atoms with Crippen molar-refractivity contribution in [2.75, 3.05) is 24.9 Å². The fraction of sp³-hybridized carbons (Fsp3) is 0.158. The summed E-state index contributed by atoms with van der Waals surface area (Å²) in [6, 6.07) is 8.61. The number of hydrogen-bond donors (Lipinski definition) is 2. The van der Waals surface area contributed by atoms with Gasteiger partial charge in [-0.15, -0.1) is 0 Å². The van der Waals surface area contributed by atoms with Gasteiger partial charge in [-0.2, -0.15) is 0 Å². The number of ether oxygens (including phenoxy) is 2. The Morgan fingerprint density at radius 1 is 0.857 bits per heavy atom. The zero-order chi connectivity index (χ0) is 20.8. The van der Waals surface area contributed by atoms with E-state index in [1.54, 1.807) is 19.1 Å². The molecule has 0 atom stereocenters. The average molecular weight is 405 g/mol. The Hall–Kier alpha value is -3.39. The molecule has 0 radical (unpaired) electrons. The Kier molecular flexibility index (Phi) is 6.73. The van der Waals surface area contributed by atoms with Crippen LogP contribution in [0.4, 0.5) is 11.4 Å². The molecule has 0 aliphatic heterocycles. The molecule has 0 spiro atoms. The van der Waals surface area contributed by atoms with Crippen molar-refractivity contribution in [1.82, 2.24) is 0 Å². The lowest BCUT2D eigenvalue weighted by molar-refractivity contribution is -0.133. The predicted molar refractivity (Wildman–Crippen MR) is 103 cm³/mol. The van der Waals surface area contributed by atoms with Crippen LogP contribution < -0.4 is 10.6 Å². The topological polar surface area (TPSA) is 111 Å². The van der Waals surface area contributed by atoms with E-state index in [9.17, 15) is 19.2 Å².